The smallest absolute Gasteiger partial charge is 0.414 e. The normalized spacial score (nSPS) is 17.7. The number of esters is 2. The molecule has 1 N–H and O–H groups in total. The number of allylic oxidation sites excluding steroid dienone is 2. The van der Waals surface area contributed by atoms with E-state index in [4.69, 9.17) is 14.2 Å². The summed E-state index contributed by atoms with van der Waals surface area (Å²) < 4.78 is 16.3. The van der Waals surface area contributed by atoms with Gasteiger partial charge in [0, 0.05) is 57.3 Å². The van der Waals surface area contributed by atoms with Gasteiger partial charge in [-0.2, -0.15) is 0 Å². The maximum Gasteiger partial charge on any atom is 0.414 e. The van der Waals surface area contributed by atoms with Crippen molar-refractivity contribution >= 4 is 23.7 Å². The molecule has 0 spiro atoms. The zero-order valence-electron chi connectivity index (χ0n) is 24.9. The average Bonchev–Trinajstić information content (AvgIpc) is 2.98. The number of nitrogens with one attached hydrogen (secondary N) is 1. The molecule has 0 bridgehead atoms. The number of benzene rings is 2. The first-order valence-corrected chi connectivity index (χ1v) is 13.9. The highest BCUT2D eigenvalue weighted by atomic mass is 16.6. The van der Waals surface area contributed by atoms with E-state index in [0.717, 1.165) is 5.56 Å². The molecule has 1 unspecified atom stereocenters. The Balaban J connectivity index is 1.44. The number of carbonyl (C=O) groups excluding carboxylic acids is 3. The number of carbonyl (C=O) groups is 3. The molecular formula is C31H36N4O8. The molecule has 0 saturated carbocycles. The Morgan fingerprint density at radius 2 is 1.63 bits per heavy atom. The fourth-order valence-electron chi connectivity index (χ4n) is 5.31. The van der Waals surface area contributed by atoms with Crippen LogP contribution in [0.1, 0.15) is 43.7 Å². The number of nitro groups is 1. The molecule has 0 aliphatic carbocycles. The van der Waals surface area contributed by atoms with Crippen molar-refractivity contribution in [2.45, 2.75) is 45.3 Å². The van der Waals surface area contributed by atoms with Crippen molar-refractivity contribution in [1.82, 2.24) is 15.1 Å². The monoisotopic (exact) mass is 592 g/mol. The van der Waals surface area contributed by atoms with Gasteiger partial charge in [-0.25, -0.2) is 14.4 Å². The second-order valence-electron chi connectivity index (χ2n) is 10.8. The SMILES string of the molecule is COC(=O)C1=C(C)NC(C)=C(C(=O)OC2CCN(Cc3ccc(OC(=O)N(C)C)cc3)CC2)C1c1cccc([N+](=O)[O-])c1. The number of piperidine rings is 1. The third kappa shape index (κ3) is 7.39. The quantitative estimate of drug-likeness (QED) is 0.268. The van der Waals surface area contributed by atoms with E-state index >= 15 is 0 Å². The summed E-state index contributed by atoms with van der Waals surface area (Å²) in [6.45, 7) is 5.51. The minimum Gasteiger partial charge on any atom is -0.466 e. The summed E-state index contributed by atoms with van der Waals surface area (Å²) in [5.41, 5.74) is 2.73. The Hall–Kier alpha value is -4.71. The Bertz CT molecular complexity index is 1460. The minimum absolute atomic E-state index is 0.153. The summed E-state index contributed by atoms with van der Waals surface area (Å²) in [6, 6.07) is 13.2. The molecule has 2 aromatic rings. The summed E-state index contributed by atoms with van der Waals surface area (Å²) in [5.74, 6) is -1.66. The van der Waals surface area contributed by atoms with Crippen molar-refractivity contribution in [3.8, 4) is 5.75 Å². The molecule has 12 nitrogen and oxygen atoms in total. The molecule has 2 heterocycles. The Kier molecular flexibility index (Phi) is 9.81. The molecule has 1 amide bonds. The number of methoxy groups -OCH3 is 1. The van der Waals surface area contributed by atoms with Crippen LogP contribution in [0.3, 0.4) is 0 Å². The number of dihydropyridines is 1. The molecular weight excluding hydrogens is 556 g/mol. The van der Waals surface area contributed by atoms with E-state index in [1.807, 2.05) is 12.1 Å². The number of non-ortho nitro benzene ring substituents is 1. The molecule has 2 aromatic carbocycles. The van der Waals surface area contributed by atoms with Gasteiger partial charge < -0.3 is 24.4 Å². The third-order valence-corrected chi connectivity index (χ3v) is 7.51. The molecule has 0 radical (unpaired) electrons. The standard InChI is InChI=1S/C31H36N4O8/c1-19-26(29(36)41-5)28(22-7-6-8-23(17-22)35(39)40)27(20(2)32-19)30(37)42-25-13-15-34(16-14-25)18-21-9-11-24(12-10-21)43-31(38)33(3)4/h6-12,17,25,28,32H,13-16,18H2,1-5H3. The van der Waals surface area contributed by atoms with Gasteiger partial charge in [0.2, 0.25) is 0 Å². The number of nitrogens with zero attached hydrogens (tertiary/aromatic N) is 3. The van der Waals surface area contributed by atoms with Gasteiger partial charge in [0.05, 0.1) is 29.1 Å². The molecule has 43 heavy (non-hydrogen) atoms. The van der Waals surface area contributed by atoms with Crippen LogP contribution in [0.15, 0.2) is 71.1 Å². The van der Waals surface area contributed by atoms with Gasteiger partial charge in [0.25, 0.3) is 5.69 Å². The van der Waals surface area contributed by atoms with Crippen molar-refractivity contribution in [2.75, 3.05) is 34.3 Å². The summed E-state index contributed by atoms with van der Waals surface area (Å²) in [6.07, 6.45) is 0.452. The largest absolute Gasteiger partial charge is 0.466 e. The lowest BCUT2D eigenvalue weighted by Crippen LogP contribution is -2.39. The van der Waals surface area contributed by atoms with Crippen molar-refractivity contribution in [3.63, 3.8) is 0 Å². The van der Waals surface area contributed by atoms with E-state index in [9.17, 15) is 24.5 Å². The number of likely N-dealkylation sites (tertiary alicyclic amines) is 1. The summed E-state index contributed by atoms with van der Waals surface area (Å²) in [7, 11) is 4.49. The highest BCUT2D eigenvalue weighted by Crippen LogP contribution is 2.40. The molecule has 1 fully saturated rings. The summed E-state index contributed by atoms with van der Waals surface area (Å²) in [4.78, 5) is 52.9. The topological polar surface area (TPSA) is 141 Å². The number of hydrogen-bond donors (Lipinski definition) is 1. The van der Waals surface area contributed by atoms with E-state index in [2.05, 4.69) is 10.2 Å². The van der Waals surface area contributed by atoms with Crippen LogP contribution in [-0.2, 0) is 25.6 Å². The fourth-order valence-corrected chi connectivity index (χ4v) is 5.31. The third-order valence-electron chi connectivity index (χ3n) is 7.51. The number of rotatable bonds is 8. The molecule has 1 atom stereocenters. The predicted molar refractivity (Wildman–Crippen MR) is 157 cm³/mol. The molecule has 2 aliphatic heterocycles. The molecule has 4 rings (SSSR count). The molecule has 0 aromatic heterocycles. The zero-order chi connectivity index (χ0) is 31.3. The van der Waals surface area contributed by atoms with Crippen molar-refractivity contribution < 1.29 is 33.5 Å². The number of hydrogen-bond acceptors (Lipinski definition) is 10. The van der Waals surface area contributed by atoms with Crippen LogP contribution in [0, 0.1) is 10.1 Å². The van der Waals surface area contributed by atoms with E-state index in [1.54, 1.807) is 46.1 Å². The molecule has 2 aliphatic rings. The van der Waals surface area contributed by atoms with Crippen LogP contribution in [0.5, 0.6) is 5.75 Å². The van der Waals surface area contributed by atoms with Crippen LogP contribution >= 0.6 is 0 Å². The number of nitro benzene ring substituents is 1. The predicted octanol–water partition coefficient (Wildman–Crippen LogP) is 4.27. The molecule has 1 saturated heterocycles. The zero-order valence-corrected chi connectivity index (χ0v) is 24.9. The van der Waals surface area contributed by atoms with Gasteiger partial charge in [-0.1, -0.05) is 24.3 Å². The minimum atomic E-state index is -0.902. The lowest BCUT2D eigenvalue weighted by atomic mass is 9.80. The van der Waals surface area contributed by atoms with Gasteiger partial charge in [-0.3, -0.25) is 15.0 Å². The van der Waals surface area contributed by atoms with Crippen LogP contribution in [0.2, 0.25) is 0 Å². The summed E-state index contributed by atoms with van der Waals surface area (Å²) in [5, 5.41) is 14.6. The molecule has 228 valence electrons. The van der Waals surface area contributed by atoms with Crippen LogP contribution in [0.4, 0.5) is 10.5 Å². The van der Waals surface area contributed by atoms with E-state index < -0.39 is 28.9 Å². The van der Waals surface area contributed by atoms with E-state index in [-0.39, 0.29) is 22.9 Å². The van der Waals surface area contributed by atoms with Gasteiger partial charge in [0.15, 0.2) is 0 Å². The second kappa shape index (κ2) is 13.5. The lowest BCUT2D eigenvalue weighted by Gasteiger charge is -2.34. The Morgan fingerprint density at radius 3 is 2.21 bits per heavy atom. The maximum absolute atomic E-state index is 13.7. The second-order valence-corrected chi connectivity index (χ2v) is 10.8. The number of ether oxygens (including phenoxy) is 3. The average molecular weight is 593 g/mol. The van der Waals surface area contributed by atoms with Crippen molar-refractivity contribution in [3.05, 3.63) is 92.3 Å². The fraction of sp³-hybridized carbons (Fsp3) is 0.387. The van der Waals surface area contributed by atoms with E-state index in [1.165, 1.54) is 30.2 Å². The van der Waals surface area contributed by atoms with Crippen LogP contribution in [0.25, 0.3) is 0 Å². The summed E-state index contributed by atoms with van der Waals surface area (Å²) >= 11 is 0. The Labute approximate surface area is 250 Å². The van der Waals surface area contributed by atoms with Gasteiger partial charge >= 0.3 is 18.0 Å². The number of amides is 1. The molecule has 12 heteroatoms. The van der Waals surface area contributed by atoms with Crippen molar-refractivity contribution in [1.29, 1.82) is 0 Å². The maximum atomic E-state index is 13.7. The van der Waals surface area contributed by atoms with Crippen LogP contribution in [-0.4, -0.2) is 73.2 Å². The first-order chi connectivity index (χ1) is 20.5. The lowest BCUT2D eigenvalue weighted by molar-refractivity contribution is -0.384. The van der Waals surface area contributed by atoms with Gasteiger partial charge in [-0.05, 0) is 49.9 Å². The van der Waals surface area contributed by atoms with Crippen LogP contribution < -0.4 is 10.1 Å². The highest BCUT2D eigenvalue weighted by molar-refractivity contribution is 6.00. The first kappa shape index (κ1) is 31.2. The first-order valence-electron chi connectivity index (χ1n) is 13.9. The van der Waals surface area contributed by atoms with Gasteiger partial charge in [0.1, 0.15) is 11.9 Å². The van der Waals surface area contributed by atoms with E-state index in [0.29, 0.717) is 55.2 Å². The highest BCUT2D eigenvalue weighted by Gasteiger charge is 2.39. The van der Waals surface area contributed by atoms with Crippen molar-refractivity contribution in [2.24, 2.45) is 0 Å². The van der Waals surface area contributed by atoms with Gasteiger partial charge in [-0.15, -0.1) is 0 Å². The Morgan fingerprint density at radius 1 is 1.00 bits per heavy atom.